The molecule has 0 spiro atoms. The molecule has 0 aromatic heterocycles. The van der Waals surface area contributed by atoms with Crippen LogP contribution in [0.1, 0.15) is 25.8 Å². The van der Waals surface area contributed by atoms with E-state index in [1.807, 2.05) is 30.3 Å². The maximum absolute atomic E-state index is 12.1. The lowest BCUT2D eigenvalue weighted by Gasteiger charge is -2.22. The molecule has 5 nitrogen and oxygen atoms in total. The minimum Gasteiger partial charge on any atom is -0.389 e. The summed E-state index contributed by atoms with van der Waals surface area (Å²) < 4.78 is 0. The number of urea groups is 1. The van der Waals surface area contributed by atoms with E-state index in [0.717, 1.165) is 16.9 Å². The Hall–Kier alpha value is -1.88. The van der Waals surface area contributed by atoms with E-state index in [4.69, 9.17) is 0 Å². The first-order valence-corrected chi connectivity index (χ1v) is 6.75. The second kappa shape index (κ2) is 5.63. The standard InChI is InChI=1S/C15H20N2O3/c1-15(2,20)10-17-13(18)12(16-14(17)19)9-8-11-6-4-3-5-7-11/h3-7,12,20H,8-10H2,1-2H3,(H,16,19). The first-order valence-electron chi connectivity index (χ1n) is 6.75. The van der Waals surface area contributed by atoms with E-state index in [2.05, 4.69) is 5.32 Å². The summed E-state index contributed by atoms with van der Waals surface area (Å²) in [6.45, 7) is 3.16. The number of aryl methyl sites for hydroxylation is 1. The van der Waals surface area contributed by atoms with Crippen molar-refractivity contribution < 1.29 is 14.7 Å². The predicted molar refractivity (Wildman–Crippen MR) is 75.1 cm³/mol. The van der Waals surface area contributed by atoms with Crippen LogP contribution in [0, 0.1) is 0 Å². The summed E-state index contributed by atoms with van der Waals surface area (Å²) in [5.74, 6) is -0.256. The fourth-order valence-electron chi connectivity index (χ4n) is 2.26. The number of hydrogen-bond acceptors (Lipinski definition) is 3. The Morgan fingerprint density at radius 2 is 1.90 bits per heavy atom. The average molecular weight is 276 g/mol. The SMILES string of the molecule is CC(C)(O)CN1C(=O)NC(CCc2ccccc2)C1=O. The van der Waals surface area contributed by atoms with Crippen molar-refractivity contribution in [3.05, 3.63) is 35.9 Å². The van der Waals surface area contributed by atoms with Gasteiger partial charge < -0.3 is 10.4 Å². The zero-order valence-corrected chi connectivity index (χ0v) is 11.8. The van der Waals surface area contributed by atoms with Gasteiger partial charge in [-0.3, -0.25) is 9.69 Å². The molecule has 0 aliphatic carbocycles. The van der Waals surface area contributed by atoms with Gasteiger partial charge in [-0.25, -0.2) is 4.79 Å². The minimum atomic E-state index is -1.08. The first kappa shape index (κ1) is 14.5. The fourth-order valence-corrected chi connectivity index (χ4v) is 2.26. The van der Waals surface area contributed by atoms with Gasteiger partial charge in [0.15, 0.2) is 0 Å². The molecule has 20 heavy (non-hydrogen) atoms. The molecule has 2 rings (SSSR count). The zero-order chi connectivity index (χ0) is 14.8. The van der Waals surface area contributed by atoms with Crippen molar-refractivity contribution in [2.24, 2.45) is 0 Å². The maximum Gasteiger partial charge on any atom is 0.324 e. The first-order chi connectivity index (χ1) is 9.37. The summed E-state index contributed by atoms with van der Waals surface area (Å²) in [6.07, 6.45) is 1.30. The summed E-state index contributed by atoms with van der Waals surface area (Å²) in [7, 11) is 0. The Labute approximate surface area is 118 Å². The van der Waals surface area contributed by atoms with Crippen molar-refractivity contribution in [2.75, 3.05) is 6.54 Å². The molecule has 1 aromatic carbocycles. The van der Waals surface area contributed by atoms with Crippen LogP contribution in [0.3, 0.4) is 0 Å². The molecule has 5 heteroatoms. The molecular weight excluding hydrogens is 256 g/mol. The maximum atomic E-state index is 12.1. The normalized spacial score (nSPS) is 19.4. The van der Waals surface area contributed by atoms with Crippen LogP contribution in [0.4, 0.5) is 4.79 Å². The van der Waals surface area contributed by atoms with Crippen molar-refractivity contribution in [1.29, 1.82) is 0 Å². The number of amides is 3. The van der Waals surface area contributed by atoms with E-state index in [1.54, 1.807) is 13.8 Å². The lowest BCUT2D eigenvalue weighted by atomic mass is 10.0. The van der Waals surface area contributed by atoms with E-state index in [1.165, 1.54) is 0 Å². The summed E-state index contributed by atoms with van der Waals surface area (Å²) in [5, 5.41) is 12.4. The monoisotopic (exact) mass is 276 g/mol. The number of carbonyl (C=O) groups excluding carboxylic acids is 2. The molecule has 1 heterocycles. The van der Waals surface area contributed by atoms with Crippen LogP contribution < -0.4 is 5.32 Å². The van der Waals surface area contributed by atoms with Crippen molar-refractivity contribution in [3.8, 4) is 0 Å². The summed E-state index contributed by atoms with van der Waals surface area (Å²) in [6, 6.07) is 8.92. The van der Waals surface area contributed by atoms with Crippen molar-refractivity contribution >= 4 is 11.9 Å². The summed E-state index contributed by atoms with van der Waals surface area (Å²) >= 11 is 0. The Morgan fingerprint density at radius 1 is 1.25 bits per heavy atom. The lowest BCUT2D eigenvalue weighted by Crippen LogP contribution is -2.42. The van der Waals surface area contributed by atoms with Crippen LogP contribution >= 0.6 is 0 Å². The second-order valence-electron chi connectivity index (χ2n) is 5.76. The number of hydrogen-bond donors (Lipinski definition) is 2. The van der Waals surface area contributed by atoms with Gasteiger partial charge in [0.2, 0.25) is 0 Å². The van der Waals surface area contributed by atoms with Gasteiger partial charge in [-0.1, -0.05) is 30.3 Å². The lowest BCUT2D eigenvalue weighted by molar-refractivity contribution is -0.129. The molecule has 1 fully saturated rings. The van der Waals surface area contributed by atoms with Gasteiger partial charge in [0.1, 0.15) is 6.04 Å². The number of imide groups is 1. The second-order valence-corrected chi connectivity index (χ2v) is 5.76. The Kier molecular flexibility index (Phi) is 4.09. The van der Waals surface area contributed by atoms with Gasteiger partial charge in [-0.05, 0) is 32.3 Å². The van der Waals surface area contributed by atoms with E-state index >= 15 is 0 Å². The molecule has 108 valence electrons. The number of nitrogens with one attached hydrogen (secondary N) is 1. The molecule has 3 amide bonds. The van der Waals surface area contributed by atoms with Gasteiger partial charge in [0, 0.05) is 0 Å². The van der Waals surface area contributed by atoms with Crippen molar-refractivity contribution in [1.82, 2.24) is 10.2 Å². The molecule has 1 aliphatic rings. The summed E-state index contributed by atoms with van der Waals surface area (Å²) in [4.78, 5) is 25.0. The highest BCUT2D eigenvalue weighted by molar-refractivity contribution is 6.04. The van der Waals surface area contributed by atoms with Crippen LogP contribution in [0.25, 0.3) is 0 Å². The van der Waals surface area contributed by atoms with Gasteiger partial charge in [0.05, 0.1) is 12.1 Å². The molecule has 1 aromatic rings. The molecule has 1 atom stereocenters. The van der Waals surface area contributed by atoms with Gasteiger partial charge >= 0.3 is 6.03 Å². The van der Waals surface area contributed by atoms with Crippen molar-refractivity contribution in [3.63, 3.8) is 0 Å². The highest BCUT2D eigenvalue weighted by Gasteiger charge is 2.39. The largest absolute Gasteiger partial charge is 0.389 e. The average Bonchev–Trinajstić information content (AvgIpc) is 2.64. The molecule has 2 N–H and O–H groups in total. The van der Waals surface area contributed by atoms with Crippen molar-refractivity contribution in [2.45, 2.75) is 38.3 Å². The van der Waals surface area contributed by atoms with Crippen LogP contribution in [-0.4, -0.2) is 40.1 Å². The van der Waals surface area contributed by atoms with Gasteiger partial charge in [0.25, 0.3) is 5.91 Å². The Balaban J connectivity index is 1.94. The molecule has 0 bridgehead atoms. The third-order valence-corrected chi connectivity index (χ3v) is 3.22. The van der Waals surface area contributed by atoms with Crippen LogP contribution in [0.15, 0.2) is 30.3 Å². The number of nitrogens with zero attached hydrogens (tertiary/aromatic N) is 1. The minimum absolute atomic E-state index is 0.0134. The van der Waals surface area contributed by atoms with Crippen LogP contribution in [-0.2, 0) is 11.2 Å². The smallest absolute Gasteiger partial charge is 0.324 e. The number of benzene rings is 1. The fraction of sp³-hybridized carbons (Fsp3) is 0.467. The molecule has 1 saturated heterocycles. The topological polar surface area (TPSA) is 69.6 Å². The number of β-amino-alcohol motifs (C(OH)–C–C–N with tert-alkyl or cyclic N) is 1. The molecule has 1 aliphatic heterocycles. The molecular formula is C15H20N2O3. The molecule has 1 unspecified atom stereocenters. The highest BCUT2D eigenvalue weighted by atomic mass is 16.3. The number of carbonyl (C=O) groups is 2. The van der Waals surface area contributed by atoms with E-state index in [-0.39, 0.29) is 12.5 Å². The number of rotatable bonds is 5. The molecule has 0 radical (unpaired) electrons. The third kappa shape index (κ3) is 3.57. The van der Waals surface area contributed by atoms with Crippen LogP contribution in [0.5, 0.6) is 0 Å². The van der Waals surface area contributed by atoms with E-state index in [9.17, 15) is 14.7 Å². The third-order valence-electron chi connectivity index (χ3n) is 3.22. The Morgan fingerprint density at radius 3 is 2.50 bits per heavy atom. The van der Waals surface area contributed by atoms with Gasteiger partial charge in [-0.15, -0.1) is 0 Å². The van der Waals surface area contributed by atoms with E-state index in [0.29, 0.717) is 6.42 Å². The predicted octanol–water partition coefficient (Wildman–Crippen LogP) is 1.31. The summed E-state index contributed by atoms with van der Waals surface area (Å²) in [5.41, 5.74) is 0.0527. The zero-order valence-electron chi connectivity index (χ0n) is 11.8. The number of aliphatic hydroxyl groups is 1. The quantitative estimate of drug-likeness (QED) is 0.797. The highest BCUT2D eigenvalue weighted by Crippen LogP contribution is 2.15. The van der Waals surface area contributed by atoms with E-state index < -0.39 is 17.7 Å². The van der Waals surface area contributed by atoms with Crippen LogP contribution in [0.2, 0.25) is 0 Å². The van der Waals surface area contributed by atoms with Gasteiger partial charge in [-0.2, -0.15) is 0 Å². The Bertz CT molecular complexity index is 494. The molecule has 0 saturated carbocycles.